The Morgan fingerprint density at radius 3 is 1.16 bits per heavy atom. The van der Waals surface area contributed by atoms with E-state index in [1.165, 1.54) is 19.8 Å². The summed E-state index contributed by atoms with van der Waals surface area (Å²) in [5, 5.41) is 15.9. The number of esters is 1. The molecule has 2 unspecified atom stereocenters. The Kier molecular flexibility index (Phi) is 19.6. The Bertz CT molecular complexity index is 3230. The number of hydrogen-bond acceptors (Lipinski definition) is 13. The van der Waals surface area contributed by atoms with Gasteiger partial charge in [-0.05, 0) is 88.1 Å². The highest BCUT2D eigenvalue weighted by Gasteiger charge is 2.26. The third-order valence-electron chi connectivity index (χ3n) is 11.9. The van der Waals surface area contributed by atoms with Crippen LogP contribution in [0.25, 0.3) is 22.5 Å². The fraction of sp³-hybridized carbons (Fsp3) is 0.238. The molecule has 6 aromatic carbocycles. The molecule has 2 aromatic heterocycles. The van der Waals surface area contributed by atoms with Gasteiger partial charge in [0.2, 0.25) is 0 Å². The summed E-state index contributed by atoms with van der Waals surface area (Å²) >= 11 is 0. The number of carbonyl (C=O) groups excluding carboxylic acids is 3. The number of amides is 2. The molecule has 2 heterocycles. The normalized spacial score (nSPS) is 11.8. The average molecular weight is 1060 g/mol. The van der Waals surface area contributed by atoms with E-state index in [-0.39, 0.29) is 5.97 Å². The fourth-order valence-corrected chi connectivity index (χ4v) is 8.09. The van der Waals surface area contributed by atoms with Gasteiger partial charge in [-0.25, -0.2) is 39.1 Å². The summed E-state index contributed by atoms with van der Waals surface area (Å²) in [6, 6.07) is 55.6. The van der Waals surface area contributed by atoms with Gasteiger partial charge in [0.25, 0.3) is 0 Å². The van der Waals surface area contributed by atoms with Gasteiger partial charge in [0.05, 0.1) is 31.6 Å². The van der Waals surface area contributed by atoms with Gasteiger partial charge in [-0.3, -0.25) is 9.80 Å². The second-order valence-electron chi connectivity index (χ2n) is 20.4. The average Bonchev–Trinajstić information content (AvgIpc) is 3.45. The maximum Gasteiger partial charge on any atom is 0.415 e. The van der Waals surface area contributed by atoms with Crippen molar-refractivity contribution in [3.63, 3.8) is 0 Å². The molecule has 0 radical (unpaired) electrons. The first-order valence-corrected chi connectivity index (χ1v) is 25.7. The molecule has 79 heavy (non-hydrogen) atoms. The Morgan fingerprint density at radius 1 is 0.481 bits per heavy atom. The lowest BCUT2D eigenvalue weighted by molar-refractivity contribution is -0.141. The summed E-state index contributed by atoms with van der Waals surface area (Å²) in [6.45, 7) is 11.8. The van der Waals surface area contributed by atoms with Crippen LogP contribution in [0.15, 0.2) is 195 Å². The molecule has 0 spiro atoms. The maximum atomic E-state index is 13.1. The first-order valence-electron chi connectivity index (χ1n) is 25.7. The van der Waals surface area contributed by atoms with Gasteiger partial charge < -0.3 is 30.0 Å². The largest absolute Gasteiger partial charge is 0.480 e. The molecule has 0 saturated carbocycles. The summed E-state index contributed by atoms with van der Waals surface area (Å²) in [7, 11) is 1.37. The number of hydrogen-bond donors (Lipinski definition) is 3. The summed E-state index contributed by atoms with van der Waals surface area (Å²) in [6.07, 6.45) is 2.74. The lowest BCUT2D eigenvalue weighted by Crippen LogP contribution is -2.36. The van der Waals surface area contributed by atoms with Crippen LogP contribution in [0.4, 0.5) is 32.6 Å². The number of benzene rings is 6. The quantitative estimate of drug-likeness (QED) is 0.0542. The van der Waals surface area contributed by atoms with E-state index >= 15 is 0 Å². The molecule has 2 amide bonds. The molecule has 0 saturated heterocycles. The van der Waals surface area contributed by atoms with E-state index in [1.807, 2.05) is 211 Å². The number of anilines is 4. The molecule has 0 aliphatic rings. The van der Waals surface area contributed by atoms with Crippen LogP contribution in [0.3, 0.4) is 0 Å². The van der Waals surface area contributed by atoms with Crippen LogP contribution in [-0.2, 0) is 49.7 Å². The zero-order valence-corrected chi connectivity index (χ0v) is 45.4. The van der Waals surface area contributed by atoms with Crippen LogP contribution < -0.4 is 20.4 Å². The fourth-order valence-electron chi connectivity index (χ4n) is 8.09. The van der Waals surface area contributed by atoms with Gasteiger partial charge in [0, 0.05) is 47.5 Å². The maximum absolute atomic E-state index is 13.1. The van der Waals surface area contributed by atoms with E-state index in [9.17, 15) is 24.3 Å². The number of carbonyl (C=O) groups is 4. The topological polar surface area (TPSA) is 198 Å². The number of nitrogens with zero attached hydrogens (tertiary/aromatic N) is 6. The zero-order chi connectivity index (χ0) is 56.4. The lowest BCUT2D eigenvalue weighted by atomic mass is 10.1. The number of carboxylic acid groups (broad SMARTS) is 1. The van der Waals surface area contributed by atoms with E-state index in [1.54, 1.807) is 21.9 Å². The van der Waals surface area contributed by atoms with Crippen molar-refractivity contribution >= 4 is 47.1 Å². The molecule has 0 aliphatic carbocycles. The third kappa shape index (κ3) is 17.8. The Hall–Kier alpha value is -9.44. The van der Waals surface area contributed by atoms with Crippen molar-refractivity contribution in [3.05, 3.63) is 217 Å². The van der Waals surface area contributed by atoms with E-state index < -0.39 is 41.4 Å². The predicted molar refractivity (Wildman–Crippen MR) is 307 cm³/mol. The minimum atomic E-state index is -0.969. The predicted octanol–water partition coefficient (Wildman–Crippen LogP) is 12.5. The number of methoxy groups -OCH3 is 1. The molecule has 2 atom stereocenters. The highest BCUT2D eigenvalue weighted by molar-refractivity contribution is 5.89. The van der Waals surface area contributed by atoms with Crippen molar-refractivity contribution in [2.75, 3.05) is 27.5 Å². The molecular formula is C63H66N8O8. The van der Waals surface area contributed by atoms with Gasteiger partial charge in [-0.15, -0.1) is 0 Å². The number of aromatic nitrogens is 4. The number of nitrogens with one attached hydrogen (secondary N) is 2. The van der Waals surface area contributed by atoms with Gasteiger partial charge in [-0.1, -0.05) is 146 Å². The Balaban J connectivity index is 0.000000229. The van der Waals surface area contributed by atoms with Gasteiger partial charge in [-0.2, -0.15) is 0 Å². The molecule has 8 rings (SSSR count). The van der Waals surface area contributed by atoms with E-state index in [4.69, 9.17) is 14.2 Å². The van der Waals surface area contributed by atoms with E-state index in [0.29, 0.717) is 60.3 Å². The van der Waals surface area contributed by atoms with Crippen LogP contribution in [0.1, 0.15) is 63.8 Å². The van der Waals surface area contributed by atoms with E-state index in [2.05, 4.69) is 30.6 Å². The van der Waals surface area contributed by atoms with Crippen molar-refractivity contribution in [1.82, 2.24) is 19.9 Å². The number of carboxylic acids is 1. The van der Waals surface area contributed by atoms with Gasteiger partial charge in [0.1, 0.15) is 47.6 Å². The molecule has 16 nitrogen and oxygen atoms in total. The lowest BCUT2D eigenvalue weighted by Gasteiger charge is -2.27. The van der Waals surface area contributed by atoms with Crippen LogP contribution in [0.5, 0.6) is 0 Å². The second-order valence-corrected chi connectivity index (χ2v) is 20.4. The van der Waals surface area contributed by atoms with E-state index in [0.717, 1.165) is 33.4 Å². The molecular weight excluding hydrogens is 997 g/mol. The summed E-state index contributed by atoms with van der Waals surface area (Å²) in [5.41, 5.74) is 6.90. The number of aliphatic carboxylic acids is 1. The summed E-state index contributed by atoms with van der Waals surface area (Å²) < 4.78 is 16.4. The standard InChI is InChI=1S/C32H34N4O4.C31H32N4O4/c1-32(2,3)40-31(38)36(21-24-13-9-6-10-14-24)26-17-15-25(16-18-26)27-20-29(34-22-33-27)35-28(30(37)39-4)19-23-11-7-5-8-12-23;1-31(2,3)39-30(38)35(20-23-12-8-5-9-13-23)25-16-14-24(15-17-25)26-19-28(33-21-32-26)34-27(29(36)37)18-22-10-6-4-7-11-22/h5-18,20,22,28H,19,21H2,1-4H3,(H,33,34,35);4-17,19,21,27H,18,20H2,1-3H3,(H,36,37)(H,32,33,34). The third-order valence-corrected chi connectivity index (χ3v) is 11.9. The summed E-state index contributed by atoms with van der Waals surface area (Å²) in [5.74, 6) is -0.440. The Morgan fingerprint density at radius 2 is 0.823 bits per heavy atom. The SMILES string of the molecule is CC(C)(C)OC(=O)N(Cc1ccccc1)c1ccc(-c2cc(NC(Cc3ccccc3)C(=O)O)ncn2)cc1.COC(=O)C(Cc1ccccc1)Nc1cc(-c2ccc(N(Cc3ccccc3)C(=O)OC(C)(C)C)cc2)ncn1. The molecule has 0 aliphatic heterocycles. The van der Waals surface area contributed by atoms with Gasteiger partial charge in [0.15, 0.2) is 0 Å². The van der Waals surface area contributed by atoms with Crippen LogP contribution >= 0.6 is 0 Å². The van der Waals surface area contributed by atoms with Crippen molar-refractivity contribution in [3.8, 4) is 22.5 Å². The molecule has 0 bridgehead atoms. The Labute approximate surface area is 461 Å². The molecule has 0 fully saturated rings. The second kappa shape index (κ2) is 27.0. The highest BCUT2D eigenvalue weighted by atomic mass is 16.6. The van der Waals surface area contributed by atoms with Gasteiger partial charge >= 0.3 is 24.1 Å². The minimum Gasteiger partial charge on any atom is -0.480 e. The molecule has 406 valence electrons. The van der Waals surface area contributed by atoms with Crippen molar-refractivity contribution in [2.24, 2.45) is 0 Å². The highest BCUT2D eigenvalue weighted by Crippen LogP contribution is 2.28. The summed E-state index contributed by atoms with van der Waals surface area (Å²) in [4.78, 5) is 71.1. The molecule has 8 aromatic rings. The van der Waals surface area contributed by atoms with Crippen LogP contribution in [0, 0.1) is 0 Å². The molecule has 3 N–H and O–H groups in total. The van der Waals surface area contributed by atoms with Crippen LogP contribution in [0.2, 0.25) is 0 Å². The molecule has 16 heteroatoms. The monoisotopic (exact) mass is 1060 g/mol. The first-order chi connectivity index (χ1) is 37.9. The number of ether oxygens (including phenoxy) is 3. The van der Waals surface area contributed by atoms with Crippen LogP contribution in [-0.4, -0.2) is 79.6 Å². The number of rotatable bonds is 18. The smallest absolute Gasteiger partial charge is 0.415 e. The minimum absolute atomic E-state index is 0.312. The first kappa shape index (κ1) is 57.3. The zero-order valence-electron chi connectivity index (χ0n) is 45.4. The van der Waals surface area contributed by atoms with Crippen molar-refractivity contribution in [1.29, 1.82) is 0 Å². The van der Waals surface area contributed by atoms with Crippen molar-refractivity contribution in [2.45, 2.75) is 90.8 Å². The van der Waals surface area contributed by atoms with Crippen molar-refractivity contribution < 1.29 is 38.5 Å².